The highest BCUT2D eigenvalue weighted by Gasteiger charge is 2.23. The molecule has 0 radical (unpaired) electrons. The Balaban J connectivity index is 1.91. The molecule has 0 aliphatic carbocycles. The molecule has 2 nitrogen and oxygen atoms in total. The van der Waals surface area contributed by atoms with Crippen molar-refractivity contribution in [2.75, 3.05) is 13.1 Å². The van der Waals surface area contributed by atoms with E-state index in [1.165, 1.54) is 18.2 Å². The third kappa shape index (κ3) is 3.85. The Hall–Kier alpha value is -1.29. The predicted molar refractivity (Wildman–Crippen MR) is 74.4 cm³/mol. The minimum Gasteiger partial charge on any atom is -0.316 e. The first-order chi connectivity index (χ1) is 9.58. The largest absolute Gasteiger partial charge is 0.316 e. The smallest absolute Gasteiger partial charge is 0.137 e. The Kier molecular flexibility index (Phi) is 5.24. The number of halogens is 2. The normalized spacial score (nSPS) is 20.6. The van der Waals surface area contributed by atoms with Crippen LogP contribution in [-0.4, -0.2) is 18.9 Å². The summed E-state index contributed by atoms with van der Waals surface area (Å²) in [6.45, 7) is 4.02. The maximum absolute atomic E-state index is 13.5. The van der Waals surface area contributed by atoms with Gasteiger partial charge in [-0.1, -0.05) is 13.0 Å². The summed E-state index contributed by atoms with van der Waals surface area (Å²) in [5, 5.41) is 3.33. The molecule has 1 aromatic rings. The molecule has 1 saturated heterocycles. The molecule has 1 aromatic carbocycles. The molecule has 2 atom stereocenters. The van der Waals surface area contributed by atoms with E-state index in [2.05, 4.69) is 5.32 Å². The van der Waals surface area contributed by atoms with Crippen molar-refractivity contribution < 1.29 is 13.6 Å². The van der Waals surface area contributed by atoms with Gasteiger partial charge in [-0.25, -0.2) is 8.78 Å². The lowest BCUT2D eigenvalue weighted by Crippen LogP contribution is -2.34. The number of nitrogens with one attached hydrogen (secondary N) is 1. The molecule has 1 fully saturated rings. The third-order valence-electron chi connectivity index (χ3n) is 4.13. The molecule has 1 aliphatic rings. The second-order valence-corrected chi connectivity index (χ2v) is 5.70. The maximum Gasteiger partial charge on any atom is 0.137 e. The van der Waals surface area contributed by atoms with E-state index in [4.69, 9.17) is 0 Å². The standard InChI is InChI=1S/C16H21F2NO/c1-11(12-4-3-7-19-10-12)8-13(20)9-14-15(17)5-2-6-16(14)18/h2,5-6,11-12,19H,3-4,7-10H2,1H3. The van der Waals surface area contributed by atoms with Crippen LogP contribution in [0.25, 0.3) is 0 Å². The van der Waals surface area contributed by atoms with E-state index in [0.717, 1.165) is 25.9 Å². The molecule has 0 saturated carbocycles. The lowest BCUT2D eigenvalue weighted by molar-refractivity contribution is -0.119. The molecule has 0 amide bonds. The number of piperidine rings is 1. The summed E-state index contributed by atoms with van der Waals surface area (Å²) in [5.74, 6) is -0.619. The summed E-state index contributed by atoms with van der Waals surface area (Å²) < 4.78 is 27.0. The first kappa shape index (κ1) is 15.1. The van der Waals surface area contributed by atoms with Crippen molar-refractivity contribution in [3.63, 3.8) is 0 Å². The first-order valence-electron chi connectivity index (χ1n) is 7.23. The van der Waals surface area contributed by atoms with E-state index in [1.54, 1.807) is 0 Å². The molecule has 0 bridgehead atoms. The number of benzene rings is 1. The molecule has 0 spiro atoms. The lowest BCUT2D eigenvalue weighted by Gasteiger charge is -2.28. The van der Waals surface area contributed by atoms with Gasteiger partial charge in [-0.15, -0.1) is 0 Å². The highest BCUT2D eigenvalue weighted by molar-refractivity contribution is 5.81. The zero-order valence-electron chi connectivity index (χ0n) is 11.8. The van der Waals surface area contributed by atoms with Gasteiger partial charge in [-0.3, -0.25) is 4.79 Å². The summed E-state index contributed by atoms with van der Waals surface area (Å²) in [4.78, 5) is 12.0. The third-order valence-corrected chi connectivity index (χ3v) is 4.13. The minimum absolute atomic E-state index is 0.0907. The van der Waals surface area contributed by atoms with Gasteiger partial charge >= 0.3 is 0 Å². The van der Waals surface area contributed by atoms with Gasteiger partial charge in [-0.2, -0.15) is 0 Å². The van der Waals surface area contributed by atoms with Crippen LogP contribution in [0.5, 0.6) is 0 Å². The highest BCUT2D eigenvalue weighted by atomic mass is 19.1. The van der Waals surface area contributed by atoms with Gasteiger partial charge in [0, 0.05) is 18.4 Å². The van der Waals surface area contributed by atoms with E-state index in [1.807, 2.05) is 6.92 Å². The van der Waals surface area contributed by atoms with Crippen LogP contribution < -0.4 is 5.32 Å². The van der Waals surface area contributed by atoms with Crippen LogP contribution in [0.4, 0.5) is 8.78 Å². The zero-order valence-corrected chi connectivity index (χ0v) is 11.8. The molecule has 1 aliphatic heterocycles. The SMILES string of the molecule is CC(CC(=O)Cc1c(F)cccc1F)C1CCCNC1. The monoisotopic (exact) mass is 281 g/mol. The number of rotatable bonds is 5. The number of hydrogen-bond donors (Lipinski definition) is 1. The van der Waals surface area contributed by atoms with Crippen molar-refractivity contribution in [3.05, 3.63) is 35.4 Å². The van der Waals surface area contributed by atoms with E-state index in [0.29, 0.717) is 12.3 Å². The fraction of sp³-hybridized carbons (Fsp3) is 0.562. The number of Topliss-reactive ketones (excluding diaryl/α,β-unsaturated/α-hetero) is 1. The minimum atomic E-state index is -0.634. The Bertz CT molecular complexity index is 449. The van der Waals surface area contributed by atoms with E-state index in [9.17, 15) is 13.6 Å². The van der Waals surface area contributed by atoms with E-state index in [-0.39, 0.29) is 23.7 Å². The van der Waals surface area contributed by atoms with E-state index < -0.39 is 11.6 Å². The van der Waals surface area contributed by atoms with Gasteiger partial charge < -0.3 is 5.32 Å². The van der Waals surface area contributed by atoms with Gasteiger partial charge in [0.2, 0.25) is 0 Å². The van der Waals surface area contributed by atoms with Crippen LogP contribution in [0.2, 0.25) is 0 Å². The quantitative estimate of drug-likeness (QED) is 0.898. The van der Waals surface area contributed by atoms with Crippen LogP contribution in [0.1, 0.15) is 31.7 Å². The molecular weight excluding hydrogens is 260 g/mol. The molecule has 1 heterocycles. The van der Waals surface area contributed by atoms with Crippen molar-refractivity contribution in [2.24, 2.45) is 11.8 Å². The van der Waals surface area contributed by atoms with Crippen molar-refractivity contribution in [1.29, 1.82) is 0 Å². The molecule has 2 unspecified atom stereocenters. The fourth-order valence-electron chi connectivity index (χ4n) is 2.86. The van der Waals surface area contributed by atoms with E-state index >= 15 is 0 Å². The fourth-order valence-corrected chi connectivity index (χ4v) is 2.86. The number of hydrogen-bond acceptors (Lipinski definition) is 2. The van der Waals surface area contributed by atoms with Crippen LogP contribution in [-0.2, 0) is 11.2 Å². The molecule has 1 N–H and O–H groups in total. The molecule has 2 rings (SSSR count). The number of carbonyl (C=O) groups is 1. The lowest BCUT2D eigenvalue weighted by atomic mass is 9.83. The van der Waals surface area contributed by atoms with Crippen molar-refractivity contribution >= 4 is 5.78 Å². The Morgan fingerprint density at radius 3 is 2.70 bits per heavy atom. The molecule has 0 aromatic heterocycles. The Morgan fingerprint density at radius 2 is 2.10 bits per heavy atom. The maximum atomic E-state index is 13.5. The van der Waals surface area contributed by atoms with Crippen LogP contribution >= 0.6 is 0 Å². The Labute approximate surface area is 118 Å². The van der Waals surface area contributed by atoms with Gasteiger partial charge in [0.15, 0.2) is 0 Å². The summed E-state index contributed by atoms with van der Waals surface area (Å²) in [7, 11) is 0. The van der Waals surface area contributed by atoms with Gasteiger partial charge in [0.1, 0.15) is 17.4 Å². The number of ketones is 1. The van der Waals surface area contributed by atoms with Gasteiger partial charge in [-0.05, 0) is 49.9 Å². The molecule has 110 valence electrons. The van der Waals surface area contributed by atoms with Crippen molar-refractivity contribution in [1.82, 2.24) is 5.32 Å². The molecule has 4 heteroatoms. The second kappa shape index (κ2) is 6.93. The summed E-state index contributed by atoms with van der Waals surface area (Å²) in [6.07, 6.45) is 2.49. The zero-order chi connectivity index (χ0) is 14.5. The molecular formula is C16H21F2NO. The predicted octanol–water partition coefficient (Wildman–Crippen LogP) is 3.10. The van der Waals surface area contributed by atoms with Gasteiger partial charge in [0.25, 0.3) is 0 Å². The van der Waals surface area contributed by atoms with Crippen molar-refractivity contribution in [3.8, 4) is 0 Å². The summed E-state index contributed by atoms with van der Waals surface area (Å²) >= 11 is 0. The highest BCUT2D eigenvalue weighted by Crippen LogP contribution is 2.24. The first-order valence-corrected chi connectivity index (χ1v) is 7.23. The Morgan fingerprint density at radius 1 is 1.40 bits per heavy atom. The van der Waals surface area contributed by atoms with Crippen LogP contribution in [0, 0.1) is 23.5 Å². The van der Waals surface area contributed by atoms with Crippen molar-refractivity contribution in [2.45, 2.75) is 32.6 Å². The van der Waals surface area contributed by atoms with Crippen LogP contribution in [0.3, 0.4) is 0 Å². The topological polar surface area (TPSA) is 29.1 Å². The van der Waals surface area contributed by atoms with Crippen LogP contribution in [0.15, 0.2) is 18.2 Å². The summed E-state index contributed by atoms with van der Waals surface area (Å²) in [5.41, 5.74) is -0.105. The summed E-state index contributed by atoms with van der Waals surface area (Å²) in [6, 6.07) is 3.70. The van der Waals surface area contributed by atoms with Gasteiger partial charge in [0.05, 0.1) is 0 Å². The average molecular weight is 281 g/mol. The second-order valence-electron chi connectivity index (χ2n) is 5.70. The average Bonchev–Trinajstić information content (AvgIpc) is 2.44. The molecule has 20 heavy (non-hydrogen) atoms. The number of carbonyl (C=O) groups excluding carboxylic acids is 1.